The maximum absolute atomic E-state index is 13.3. The third-order valence-corrected chi connectivity index (χ3v) is 5.71. The molecule has 172 valence electrons. The Bertz CT molecular complexity index is 1490. The second-order valence-corrected chi connectivity index (χ2v) is 9.04. The number of anilines is 1. The summed E-state index contributed by atoms with van der Waals surface area (Å²) >= 11 is 6.77. The molecule has 34 heavy (non-hydrogen) atoms. The Balaban J connectivity index is 1.57. The molecule has 0 aliphatic heterocycles. The third-order valence-electron chi connectivity index (χ3n) is 4.72. The Labute approximate surface area is 210 Å². The molecule has 7 nitrogen and oxygen atoms in total. The maximum atomic E-state index is 13.3. The predicted molar refractivity (Wildman–Crippen MR) is 136 cm³/mol. The summed E-state index contributed by atoms with van der Waals surface area (Å²) in [5.74, 6) is -0.106. The van der Waals surface area contributed by atoms with E-state index in [1.54, 1.807) is 43.3 Å². The molecule has 1 N–H and O–H groups in total. The lowest BCUT2D eigenvalue weighted by atomic mass is 10.2. The van der Waals surface area contributed by atoms with E-state index in [9.17, 15) is 14.0 Å². The van der Waals surface area contributed by atoms with Gasteiger partial charge in [0.15, 0.2) is 6.61 Å². The average molecular weight is 588 g/mol. The molecule has 0 bridgehead atoms. The summed E-state index contributed by atoms with van der Waals surface area (Å²) in [6, 6.07) is 16.0. The number of fused-ring (bicyclic) bond motifs is 1. The molecule has 0 saturated heterocycles. The molecule has 4 rings (SSSR count). The van der Waals surface area contributed by atoms with Gasteiger partial charge >= 0.3 is 0 Å². The van der Waals surface area contributed by atoms with E-state index in [-0.39, 0.29) is 12.2 Å². The topological polar surface area (TPSA) is 85.6 Å². The summed E-state index contributed by atoms with van der Waals surface area (Å²) < 4.78 is 21.7. The molecule has 4 aromatic rings. The van der Waals surface area contributed by atoms with Crippen molar-refractivity contribution < 1.29 is 13.9 Å². The van der Waals surface area contributed by atoms with Gasteiger partial charge in [0.2, 0.25) is 0 Å². The van der Waals surface area contributed by atoms with Crippen LogP contribution in [0.5, 0.6) is 5.75 Å². The summed E-state index contributed by atoms with van der Waals surface area (Å²) in [4.78, 5) is 29.6. The van der Waals surface area contributed by atoms with Gasteiger partial charge in [-0.1, -0.05) is 37.9 Å². The lowest BCUT2D eigenvalue weighted by Gasteiger charge is -2.11. The zero-order chi connectivity index (χ0) is 24.2. The van der Waals surface area contributed by atoms with Crippen LogP contribution in [0.25, 0.3) is 10.9 Å². The molecule has 1 heterocycles. The Morgan fingerprint density at radius 3 is 2.71 bits per heavy atom. The summed E-state index contributed by atoms with van der Waals surface area (Å²) in [5.41, 5.74) is 1.13. The van der Waals surface area contributed by atoms with Crippen molar-refractivity contribution in [2.75, 3.05) is 11.9 Å². The number of carbonyl (C=O) groups is 1. The monoisotopic (exact) mass is 586 g/mol. The van der Waals surface area contributed by atoms with E-state index < -0.39 is 11.7 Å². The molecule has 0 saturated carbocycles. The van der Waals surface area contributed by atoms with Crippen molar-refractivity contribution in [1.29, 1.82) is 0 Å². The minimum Gasteiger partial charge on any atom is -0.483 e. The van der Waals surface area contributed by atoms with E-state index in [1.165, 1.54) is 29.1 Å². The number of amides is 1. The standard InChI is InChI=1S/C24H17Br2FN4O3/c1-14-29-21-7-5-17(26)10-20(21)24(33)31(14)28-12-15-9-16(25)6-8-22(15)34-13-23(32)30-19-4-2-3-18(27)11-19/h2-12H,13H2,1H3,(H,30,32). The summed E-state index contributed by atoms with van der Waals surface area (Å²) in [7, 11) is 0. The first-order chi connectivity index (χ1) is 16.3. The minimum absolute atomic E-state index is 0.302. The fourth-order valence-electron chi connectivity index (χ4n) is 3.17. The van der Waals surface area contributed by atoms with E-state index >= 15 is 0 Å². The minimum atomic E-state index is -0.453. The normalized spacial score (nSPS) is 11.2. The van der Waals surface area contributed by atoms with Crippen LogP contribution < -0.4 is 15.6 Å². The van der Waals surface area contributed by atoms with E-state index in [0.717, 1.165) is 8.95 Å². The molecule has 0 aliphatic rings. The van der Waals surface area contributed by atoms with Gasteiger partial charge in [-0.25, -0.2) is 9.37 Å². The van der Waals surface area contributed by atoms with Crippen molar-refractivity contribution in [3.05, 3.63) is 97.2 Å². The number of hydrogen-bond donors (Lipinski definition) is 1. The highest BCUT2D eigenvalue weighted by Crippen LogP contribution is 2.22. The third kappa shape index (κ3) is 5.57. The van der Waals surface area contributed by atoms with Crippen molar-refractivity contribution in [2.24, 2.45) is 5.10 Å². The number of carbonyl (C=O) groups excluding carboxylic acids is 1. The number of aryl methyl sites for hydroxylation is 1. The molecule has 0 spiro atoms. The Hall–Kier alpha value is -3.37. The lowest BCUT2D eigenvalue weighted by Crippen LogP contribution is -2.21. The average Bonchev–Trinajstić information content (AvgIpc) is 2.79. The van der Waals surface area contributed by atoms with Crippen molar-refractivity contribution in [1.82, 2.24) is 9.66 Å². The zero-order valence-electron chi connectivity index (χ0n) is 17.8. The van der Waals surface area contributed by atoms with Gasteiger partial charge in [0, 0.05) is 20.2 Å². The van der Waals surface area contributed by atoms with E-state index in [2.05, 4.69) is 47.3 Å². The quantitative estimate of drug-likeness (QED) is 0.312. The highest BCUT2D eigenvalue weighted by atomic mass is 79.9. The van der Waals surface area contributed by atoms with Gasteiger partial charge in [-0.05, 0) is 61.5 Å². The molecule has 0 fully saturated rings. The summed E-state index contributed by atoms with van der Waals surface area (Å²) in [5, 5.41) is 7.32. The Morgan fingerprint density at radius 2 is 1.91 bits per heavy atom. The van der Waals surface area contributed by atoms with Crippen LogP contribution in [-0.4, -0.2) is 28.4 Å². The van der Waals surface area contributed by atoms with Crippen LogP contribution in [0.2, 0.25) is 0 Å². The molecular weight excluding hydrogens is 571 g/mol. The Morgan fingerprint density at radius 1 is 1.15 bits per heavy atom. The van der Waals surface area contributed by atoms with Gasteiger partial charge in [-0.3, -0.25) is 9.59 Å². The van der Waals surface area contributed by atoms with Crippen molar-refractivity contribution in [3.8, 4) is 5.75 Å². The second-order valence-electron chi connectivity index (χ2n) is 7.21. The molecule has 1 aromatic heterocycles. The number of halogens is 3. The van der Waals surface area contributed by atoms with Crippen molar-refractivity contribution >= 4 is 60.6 Å². The first-order valence-electron chi connectivity index (χ1n) is 10.0. The van der Waals surface area contributed by atoms with Gasteiger partial charge < -0.3 is 10.1 Å². The fourth-order valence-corrected chi connectivity index (χ4v) is 3.91. The first-order valence-corrected chi connectivity index (χ1v) is 11.6. The first kappa shape index (κ1) is 23.8. The number of nitrogens with zero attached hydrogens (tertiary/aromatic N) is 3. The molecular formula is C24H17Br2FN4O3. The molecule has 3 aromatic carbocycles. The second kappa shape index (κ2) is 10.3. The van der Waals surface area contributed by atoms with Crippen molar-refractivity contribution in [3.63, 3.8) is 0 Å². The largest absolute Gasteiger partial charge is 0.483 e. The van der Waals surface area contributed by atoms with Crippen LogP contribution in [0.15, 0.2) is 79.5 Å². The van der Waals surface area contributed by atoms with E-state index in [0.29, 0.717) is 33.7 Å². The van der Waals surface area contributed by atoms with Crippen LogP contribution in [0.4, 0.5) is 10.1 Å². The number of ether oxygens (including phenoxy) is 1. The summed E-state index contributed by atoms with van der Waals surface area (Å²) in [6.45, 7) is 1.39. The van der Waals surface area contributed by atoms with Gasteiger partial charge in [-0.2, -0.15) is 9.78 Å². The van der Waals surface area contributed by atoms with Gasteiger partial charge in [0.25, 0.3) is 11.5 Å². The van der Waals surface area contributed by atoms with Crippen LogP contribution in [0.1, 0.15) is 11.4 Å². The SMILES string of the molecule is Cc1nc2ccc(Br)cc2c(=O)n1N=Cc1cc(Br)ccc1OCC(=O)Nc1cccc(F)c1. The van der Waals surface area contributed by atoms with Crippen LogP contribution in [0, 0.1) is 12.7 Å². The highest BCUT2D eigenvalue weighted by molar-refractivity contribution is 9.10. The van der Waals surface area contributed by atoms with Crippen LogP contribution >= 0.6 is 31.9 Å². The molecule has 0 unspecified atom stereocenters. The molecule has 0 atom stereocenters. The van der Waals surface area contributed by atoms with Gasteiger partial charge in [0.1, 0.15) is 17.4 Å². The fraction of sp³-hybridized carbons (Fsp3) is 0.0833. The summed E-state index contributed by atoms with van der Waals surface area (Å²) in [6.07, 6.45) is 1.46. The van der Waals surface area contributed by atoms with Crippen molar-refractivity contribution in [2.45, 2.75) is 6.92 Å². The number of rotatable bonds is 6. The van der Waals surface area contributed by atoms with E-state index in [1.807, 2.05) is 6.07 Å². The number of benzene rings is 3. The molecule has 0 aliphatic carbocycles. The number of hydrogen-bond acceptors (Lipinski definition) is 5. The number of aromatic nitrogens is 2. The number of nitrogens with one attached hydrogen (secondary N) is 1. The zero-order valence-corrected chi connectivity index (χ0v) is 20.9. The van der Waals surface area contributed by atoms with Crippen LogP contribution in [-0.2, 0) is 4.79 Å². The van der Waals surface area contributed by atoms with Gasteiger partial charge in [-0.15, -0.1) is 0 Å². The highest BCUT2D eigenvalue weighted by Gasteiger charge is 2.10. The lowest BCUT2D eigenvalue weighted by molar-refractivity contribution is -0.118. The molecule has 0 radical (unpaired) electrons. The Kier molecular flexibility index (Phi) is 7.18. The smallest absolute Gasteiger partial charge is 0.282 e. The van der Waals surface area contributed by atoms with Crippen LogP contribution in [0.3, 0.4) is 0 Å². The predicted octanol–water partition coefficient (Wildman–Crippen LogP) is 5.27. The molecule has 1 amide bonds. The van der Waals surface area contributed by atoms with E-state index in [4.69, 9.17) is 4.74 Å². The van der Waals surface area contributed by atoms with Gasteiger partial charge in [0.05, 0.1) is 17.1 Å². The molecule has 10 heteroatoms. The maximum Gasteiger partial charge on any atom is 0.282 e.